The first-order valence-corrected chi connectivity index (χ1v) is 6.40. The van der Waals surface area contributed by atoms with Crippen LogP contribution in [0.15, 0.2) is 28.8 Å². The van der Waals surface area contributed by atoms with Gasteiger partial charge in [0.05, 0.1) is 0 Å². The molecule has 0 amide bonds. The fraction of sp³-hybridized carbons (Fsp3) is 0.429. The van der Waals surface area contributed by atoms with Crippen LogP contribution >= 0.6 is 0 Å². The molecule has 0 spiro atoms. The van der Waals surface area contributed by atoms with E-state index in [4.69, 9.17) is 4.52 Å². The Kier molecular flexibility index (Phi) is 4.47. The third-order valence-corrected chi connectivity index (χ3v) is 2.69. The number of hydrogen-bond donors (Lipinski definition) is 1. The first-order valence-electron chi connectivity index (χ1n) is 6.40. The minimum absolute atomic E-state index is 0.671. The minimum atomic E-state index is 0.671. The average Bonchev–Trinajstić information content (AvgIpc) is 2.83. The van der Waals surface area contributed by atoms with E-state index in [9.17, 15) is 0 Å². The maximum absolute atomic E-state index is 5.24. The number of aromatic nitrogens is 2. The molecule has 0 bridgehead atoms. The summed E-state index contributed by atoms with van der Waals surface area (Å²) in [7, 11) is 0. The van der Waals surface area contributed by atoms with Crippen LogP contribution in [0.1, 0.15) is 24.8 Å². The van der Waals surface area contributed by atoms with Gasteiger partial charge in [-0.1, -0.05) is 35.8 Å². The molecule has 2 aromatic rings. The summed E-state index contributed by atoms with van der Waals surface area (Å²) >= 11 is 0. The zero-order valence-corrected chi connectivity index (χ0v) is 10.9. The SMILES string of the molecule is CCCNCCc1nc(-c2cccc(C)c2)no1. The molecule has 4 heteroatoms. The molecule has 0 aliphatic carbocycles. The Labute approximate surface area is 107 Å². The van der Waals surface area contributed by atoms with Gasteiger partial charge in [-0.2, -0.15) is 4.98 Å². The number of aryl methyl sites for hydroxylation is 1. The highest BCUT2D eigenvalue weighted by molar-refractivity contribution is 5.55. The summed E-state index contributed by atoms with van der Waals surface area (Å²) in [4.78, 5) is 4.40. The van der Waals surface area contributed by atoms with Gasteiger partial charge >= 0.3 is 0 Å². The second-order valence-electron chi connectivity index (χ2n) is 4.38. The van der Waals surface area contributed by atoms with Crippen LogP contribution < -0.4 is 5.32 Å². The molecule has 0 radical (unpaired) electrons. The molecule has 0 unspecified atom stereocenters. The normalized spacial score (nSPS) is 10.8. The topological polar surface area (TPSA) is 51.0 Å². The van der Waals surface area contributed by atoms with E-state index in [1.54, 1.807) is 0 Å². The summed E-state index contributed by atoms with van der Waals surface area (Å²) in [5.74, 6) is 1.36. The summed E-state index contributed by atoms with van der Waals surface area (Å²) in [5.41, 5.74) is 2.20. The van der Waals surface area contributed by atoms with Crippen LogP contribution in [0.25, 0.3) is 11.4 Å². The van der Waals surface area contributed by atoms with Crippen molar-refractivity contribution in [2.45, 2.75) is 26.7 Å². The van der Waals surface area contributed by atoms with Crippen LogP contribution in [0.4, 0.5) is 0 Å². The third-order valence-electron chi connectivity index (χ3n) is 2.69. The molecule has 0 saturated heterocycles. The fourth-order valence-electron chi connectivity index (χ4n) is 1.75. The van der Waals surface area contributed by atoms with Crippen molar-refractivity contribution in [3.8, 4) is 11.4 Å². The minimum Gasteiger partial charge on any atom is -0.339 e. The van der Waals surface area contributed by atoms with Crippen LogP contribution in [0.5, 0.6) is 0 Å². The fourth-order valence-corrected chi connectivity index (χ4v) is 1.75. The smallest absolute Gasteiger partial charge is 0.228 e. The molecule has 18 heavy (non-hydrogen) atoms. The number of nitrogens with one attached hydrogen (secondary N) is 1. The van der Waals surface area contributed by atoms with E-state index >= 15 is 0 Å². The van der Waals surface area contributed by atoms with Crippen LogP contribution in [0, 0.1) is 6.92 Å². The van der Waals surface area contributed by atoms with E-state index in [1.807, 2.05) is 12.1 Å². The van der Waals surface area contributed by atoms with Crippen molar-refractivity contribution in [3.63, 3.8) is 0 Å². The highest BCUT2D eigenvalue weighted by Gasteiger charge is 2.07. The van der Waals surface area contributed by atoms with Crippen molar-refractivity contribution in [1.29, 1.82) is 0 Å². The van der Waals surface area contributed by atoms with E-state index in [2.05, 4.69) is 41.4 Å². The molecule has 1 aromatic heterocycles. The lowest BCUT2D eigenvalue weighted by atomic mass is 10.1. The number of nitrogens with zero attached hydrogens (tertiary/aromatic N) is 2. The molecule has 0 aliphatic heterocycles. The van der Waals surface area contributed by atoms with E-state index in [0.717, 1.165) is 31.5 Å². The number of hydrogen-bond acceptors (Lipinski definition) is 4. The number of benzene rings is 1. The molecule has 2 rings (SSSR count). The van der Waals surface area contributed by atoms with E-state index in [0.29, 0.717) is 11.7 Å². The Bertz CT molecular complexity index is 493. The predicted molar refractivity (Wildman–Crippen MR) is 71.3 cm³/mol. The molecule has 1 aromatic carbocycles. The summed E-state index contributed by atoms with van der Waals surface area (Å²) < 4.78 is 5.24. The van der Waals surface area contributed by atoms with Gasteiger partial charge in [0.2, 0.25) is 11.7 Å². The lowest BCUT2D eigenvalue weighted by Gasteiger charge is -1.98. The second kappa shape index (κ2) is 6.31. The van der Waals surface area contributed by atoms with Gasteiger partial charge in [-0.05, 0) is 26.0 Å². The summed E-state index contributed by atoms with van der Waals surface area (Å²) in [5, 5.41) is 7.33. The molecule has 4 nitrogen and oxygen atoms in total. The van der Waals surface area contributed by atoms with Gasteiger partial charge in [-0.15, -0.1) is 0 Å². The van der Waals surface area contributed by atoms with Crippen LogP contribution in [0.2, 0.25) is 0 Å². The lowest BCUT2D eigenvalue weighted by Crippen LogP contribution is -2.17. The van der Waals surface area contributed by atoms with Gasteiger partial charge < -0.3 is 9.84 Å². The molecule has 96 valence electrons. The molecule has 0 aliphatic rings. The summed E-state index contributed by atoms with van der Waals surface area (Å²) in [6.07, 6.45) is 1.91. The summed E-state index contributed by atoms with van der Waals surface area (Å²) in [6.45, 7) is 6.11. The molecule has 1 heterocycles. The molecular formula is C14H19N3O. The van der Waals surface area contributed by atoms with Crippen LogP contribution in [0.3, 0.4) is 0 Å². The van der Waals surface area contributed by atoms with Crippen molar-refractivity contribution in [2.24, 2.45) is 0 Å². The Hall–Kier alpha value is -1.68. The van der Waals surface area contributed by atoms with Gasteiger partial charge in [-0.3, -0.25) is 0 Å². The van der Waals surface area contributed by atoms with E-state index < -0.39 is 0 Å². The first-order chi connectivity index (χ1) is 8.79. The van der Waals surface area contributed by atoms with E-state index in [-0.39, 0.29) is 0 Å². The van der Waals surface area contributed by atoms with Gasteiger partial charge in [0.1, 0.15) is 0 Å². The quantitative estimate of drug-likeness (QED) is 0.795. The highest BCUT2D eigenvalue weighted by atomic mass is 16.5. The molecular weight excluding hydrogens is 226 g/mol. The summed E-state index contributed by atoms with van der Waals surface area (Å²) in [6, 6.07) is 8.11. The zero-order chi connectivity index (χ0) is 12.8. The van der Waals surface area contributed by atoms with Crippen molar-refractivity contribution in [3.05, 3.63) is 35.7 Å². The largest absolute Gasteiger partial charge is 0.339 e. The van der Waals surface area contributed by atoms with Gasteiger partial charge in [0, 0.05) is 18.5 Å². The average molecular weight is 245 g/mol. The van der Waals surface area contributed by atoms with Crippen molar-refractivity contribution in [1.82, 2.24) is 15.5 Å². The maximum atomic E-state index is 5.24. The maximum Gasteiger partial charge on any atom is 0.228 e. The second-order valence-corrected chi connectivity index (χ2v) is 4.38. The molecule has 0 fully saturated rings. The Morgan fingerprint density at radius 1 is 1.28 bits per heavy atom. The standard InChI is InChI=1S/C14H19N3O/c1-3-8-15-9-7-13-16-14(17-18-13)12-6-4-5-11(2)10-12/h4-6,10,15H,3,7-9H2,1-2H3. The Morgan fingerprint density at radius 2 is 2.17 bits per heavy atom. The predicted octanol–water partition coefficient (Wildman–Crippen LogP) is 2.59. The Morgan fingerprint density at radius 3 is 2.94 bits per heavy atom. The molecule has 0 atom stereocenters. The van der Waals surface area contributed by atoms with Crippen LogP contribution in [-0.2, 0) is 6.42 Å². The van der Waals surface area contributed by atoms with Gasteiger partial charge in [0.15, 0.2) is 0 Å². The van der Waals surface area contributed by atoms with Crippen molar-refractivity contribution >= 4 is 0 Å². The highest BCUT2D eigenvalue weighted by Crippen LogP contribution is 2.16. The zero-order valence-electron chi connectivity index (χ0n) is 10.9. The molecule has 0 saturated carbocycles. The van der Waals surface area contributed by atoms with Crippen molar-refractivity contribution < 1.29 is 4.52 Å². The van der Waals surface area contributed by atoms with E-state index in [1.165, 1.54) is 5.56 Å². The van der Waals surface area contributed by atoms with Gasteiger partial charge in [0.25, 0.3) is 0 Å². The molecule has 1 N–H and O–H groups in total. The lowest BCUT2D eigenvalue weighted by molar-refractivity contribution is 0.376. The monoisotopic (exact) mass is 245 g/mol. The third kappa shape index (κ3) is 3.40. The van der Waals surface area contributed by atoms with Crippen molar-refractivity contribution in [2.75, 3.05) is 13.1 Å². The Balaban J connectivity index is 1.97. The van der Waals surface area contributed by atoms with Crippen LogP contribution in [-0.4, -0.2) is 23.2 Å². The van der Waals surface area contributed by atoms with Gasteiger partial charge in [-0.25, -0.2) is 0 Å². The number of rotatable bonds is 6. The first kappa shape index (κ1) is 12.8.